The van der Waals surface area contributed by atoms with Gasteiger partial charge in [-0.05, 0) is 13.8 Å². The number of carbonyl (C=O) groups excluding carboxylic acids is 1. The SMILES string of the molecule is CN(C(=O)Cc1ncco1)C(C)(C)C(=O)O. The number of rotatable bonds is 4. The first kappa shape index (κ1) is 12.2. The van der Waals surface area contributed by atoms with Crippen molar-refractivity contribution in [2.75, 3.05) is 7.05 Å². The van der Waals surface area contributed by atoms with Crippen LogP contribution in [0.15, 0.2) is 16.9 Å². The third kappa shape index (κ3) is 2.39. The van der Waals surface area contributed by atoms with E-state index in [4.69, 9.17) is 9.52 Å². The van der Waals surface area contributed by atoms with Gasteiger partial charge in [0.1, 0.15) is 18.2 Å². The van der Waals surface area contributed by atoms with E-state index in [1.807, 2.05) is 0 Å². The van der Waals surface area contributed by atoms with Gasteiger partial charge in [0.05, 0.1) is 6.20 Å². The molecule has 0 aliphatic rings. The van der Waals surface area contributed by atoms with Gasteiger partial charge in [-0.1, -0.05) is 0 Å². The van der Waals surface area contributed by atoms with Gasteiger partial charge in [0.15, 0.2) is 0 Å². The Morgan fingerprint density at radius 1 is 1.56 bits per heavy atom. The molecule has 88 valence electrons. The Labute approximate surface area is 92.9 Å². The van der Waals surface area contributed by atoms with Crippen LogP contribution in [0.5, 0.6) is 0 Å². The van der Waals surface area contributed by atoms with Crippen molar-refractivity contribution in [3.8, 4) is 0 Å². The van der Waals surface area contributed by atoms with Gasteiger partial charge in [0, 0.05) is 7.05 Å². The van der Waals surface area contributed by atoms with Crippen LogP contribution in [-0.2, 0) is 16.0 Å². The number of likely N-dealkylation sites (N-methyl/N-ethyl adjacent to an activating group) is 1. The van der Waals surface area contributed by atoms with Crippen molar-refractivity contribution in [1.82, 2.24) is 9.88 Å². The first-order valence-electron chi connectivity index (χ1n) is 4.74. The summed E-state index contributed by atoms with van der Waals surface area (Å²) in [6.07, 6.45) is 2.76. The van der Waals surface area contributed by atoms with Crippen LogP contribution < -0.4 is 0 Å². The van der Waals surface area contributed by atoms with Gasteiger partial charge >= 0.3 is 5.97 Å². The fourth-order valence-corrected chi connectivity index (χ4v) is 1.04. The highest BCUT2D eigenvalue weighted by Crippen LogP contribution is 2.14. The van der Waals surface area contributed by atoms with E-state index in [0.29, 0.717) is 0 Å². The second-order valence-corrected chi connectivity index (χ2v) is 3.92. The fraction of sp³-hybridized carbons (Fsp3) is 0.500. The Morgan fingerprint density at radius 3 is 2.62 bits per heavy atom. The van der Waals surface area contributed by atoms with Crippen LogP contribution in [0.1, 0.15) is 19.7 Å². The van der Waals surface area contributed by atoms with Crippen LogP contribution in [0.3, 0.4) is 0 Å². The molecule has 1 amide bonds. The van der Waals surface area contributed by atoms with Crippen molar-refractivity contribution >= 4 is 11.9 Å². The molecule has 0 atom stereocenters. The molecule has 6 nitrogen and oxygen atoms in total. The first-order chi connectivity index (χ1) is 7.35. The normalized spacial score (nSPS) is 11.2. The zero-order valence-electron chi connectivity index (χ0n) is 9.43. The van der Waals surface area contributed by atoms with Crippen molar-refractivity contribution in [3.05, 3.63) is 18.4 Å². The van der Waals surface area contributed by atoms with E-state index in [-0.39, 0.29) is 18.2 Å². The zero-order valence-corrected chi connectivity index (χ0v) is 9.43. The molecule has 0 saturated carbocycles. The van der Waals surface area contributed by atoms with Crippen LogP contribution in [0.25, 0.3) is 0 Å². The second-order valence-electron chi connectivity index (χ2n) is 3.92. The summed E-state index contributed by atoms with van der Waals surface area (Å²) >= 11 is 0. The summed E-state index contributed by atoms with van der Waals surface area (Å²) in [6, 6.07) is 0. The van der Waals surface area contributed by atoms with Gasteiger partial charge in [-0.25, -0.2) is 9.78 Å². The van der Waals surface area contributed by atoms with E-state index in [1.165, 1.54) is 38.3 Å². The van der Waals surface area contributed by atoms with Crippen LogP contribution in [0, 0.1) is 0 Å². The quantitative estimate of drug-likeness (QED) is 0.810. The van der Waals surface area contributed by atoms with Gasteiger partial charge in [-0.2, -0.15) is 0 Å². The van der Waals surface area contributed by atoms with Crippen LogP contribution in [0.4, 0.5) is 0 Å². The minimum absolute atomic E-state index is 0.0415. The zero-order chi connectivity index (χ0) is 12.3. The lowest BCUT2D eigenvalue weighted by atomic mass is 10.0. The molecule has 1 aromatic heterocycles. The Morgan fingerprint density at radius 2 is 2.19 bits per heavy atom. The maximum absolute atomic E-state index is 11.7. The van der Waals surface area contributed by atoms with Gasteiger partial charge in [-0.15, -0.1) is 0 Å². The fourth-order valence-electron chi connectivity index (χ4n) is 1.04. The Bertz CT molecular complexity index is 384. The molecular formula is C10H14N2O4. The molecule has 0 unspecified atom stereocenters. The van der Waals surface area contributed by atoms with Gasteiger partial charge < -0.3 is 14.4 Å². The molecule has 1 aromatic rings. The lowest BCUT2D eigenvalue weighted by Crippen LogP contribution is -2.51. The summed E-state index contributed by atoms with van der Waals surface area (Å²) in [5.74, 6) is -1.14. The molecule has 6 heteroatoms. The molecule has 1 rings (SSSR count). The van der Waals surface area contributed by atoms with E-state index in [9.17, 15) is 9.59 Å². The predicted molar refractivity (Wildman–Crippen MR) is 54.7 cm³/mol. The second kappa shape index (κ2) is 4.34. The summed E-state index contributed by atoms with van der Waals surface area (Å²) in [5.41, 5.74) is -1.25. The standard InChI is InChI=1S/C10H14N2O4/c1-10(2,9(14)15)12(3)8(13)6-7-11-4-5-16-7/h4-5H,6H2,1-3H3,(H,14,15). The molecule has 1 N–H and O–H groups in total. The summed E-state index contributed by atoms with van der Waals surface area (Å²) in [4.78, 5) is 27.6. The van der Waals surface area contributed by atoms with Crippen molar-refractivity contribution < 1.29 is 19.1 Å². The molecule has 0 saturated heterocycles. The van der Waals surface area contributed by atoms with E-state index in [2.05, 4.69) is 4.98 Å². The van der Waals surface area contributed by atoms with E-state index in [1.54, 1.807) is 0 Å². The Kier molecular flexibility index (Phi) is 3.31. The minimum Gasteiger partial charge on any atom is -0.480 e. The summed E-state index contributed by atoms with van der Waals surface area (Å²) in [7, 11) is 1.44. The predicted octanol–water partition coefficient (Wildman–Crippen LogP) is 0.539. The molecule has 0 bridgehead atoms. The average molecular weight is 226 g/mol. The topological polar surface area (TPSA) is 83.6 Å². The van der Waals surface area contributed by atoms with E-state index < -0.39 is 11.5 Å². The molecule has 16 heavy (non-hydrogen) atoms. The summed E-state index contributed by atoms with van der Waals surface area (Å²) < 4.78 is 4.92. The van der Waals surface area contributed by atoms with Crippen LogP contribution in [-0.4, -0.2) is 39.5 Å². The van der Waals surface area contributed by atoms with Crippen LogP contribution >= 0.6 is 0 Å². The lowest BCUT2D eigenvalue weighted by Gasteiger charge is -2.31. The number of carboxylic acid groups (broad SMARTS) is 1. The molecular weight excluding hydrogens is 212 g/mol. The Balaban J connectivity index is 2.71. The molecule has 0 fully saturated rings. The maximum Gasteiger partial charge on any atom is 0.329 e. The number of amides is 1. The summed E-state index contributed by atoms with van der Waals surface area (Å²) in [6.45, 7) is 2.92. The van der Waals surface area contributed by atoms with Crippen molar-refractivity contribution in [2.45, 2.75) is 25.8 Å². The van der Waals surface area contributed by atoms with Gasteiger partial charge in [0.2, 0.25) is 11.8 Å². The number of hydrogen-bond donors (Lipinski definition) is 1. The van der Waals surface area contributed by atoms with Gasteiger partial charge in [0.25, 0.3) is 0 Å². The average Bonchev–Trinajstić information content (AvgIpc) is 2.68. The highest BCUT2D eigenvalue weighted by atomic mass is 16.4. The third-order valence-electron chi connectivity index (χ3n) is 2.52. The monoisotopic (exact) mass is 226 g/mol. The first-order valence-corrected chi connectivity index (χ1v) is 4.74. The molecule has 0 aromatic carbocycles. The number of nitrogens with zero attached hydrogens (tertiary/aromatic N) is 2. The molecule has 0 aliphatic heterocycles. The number of hydrogen-bond acceptors (Lipinski definition) is 4. The van der Waals surface area contributed by atoms with E-state index >= 15 is 0 Å². The lowest BCUT2D eigenvalue weighted by molar-refractivity contribution is -0.155. The van der Waals surface area contributed by atoms with E-state index in [0.717, 1.165) is 0 Å². The van der Waals surface area contributed by atoms with Crippen LogP contribution in [0.2, 0.25) is 0 Å². The molecule has 1 heterocycles. The minimum atomic E-state index is -1.25. The maximum atomic E-state index is 11.7. The number of carbonyl (C=O) groups is 2. The van der Waals surface area contributed by atoms with Gasteiger partial charge in [-0.3, -0.25) is 4.79 Å². The molecule has 0 radical (unpaired) electrons. The molecule has 0 aliphatic carbocycles. The number of carboxylic acids is 1. The number of aromatic nitrogens is 1. The van der Waals surface area contributed by atoms with Crippen molar-refractivity contribution in [3.63, 3.8) is 0 Å². The highest BCUT2D eigenvalue weighted by Gasteiger charge is 2.35. The number of aliphatic carboxylic acids is 1. The summed E-state index contributed by atoms with van der Waals surface area (Å²) in [5, 5.41) is 8.95. The Hall–Kier alpha value is -1.85. The largest absolute Gasteiger partial charge is 0.480 e. The van der Waals surface area contributed by atoms with Crippen molar-refractivity contribution in [1.29, 1.82) is 0 Å². The highest BCUT2D eigenvalue weighted by molar-refractivity contribution is 5.86. The smallest absolute Gasteiger partial charge is 0.329 e. The molecule has 0 spiro atoms. The van der Waals surface area contributed by atoms with Crippen molar-refractivity contribution in [2.24, 2.45) is 0 Å². The third-order valence-corrected chi connectivity index (χ3v) is 2.52. The number of oxazole rings is 1.